The maximum atomic E-state index is 13.4. The monoisotopic (exact) mass is 286 g/mol. The van der Waals surface area contributed by atoms with Crippen LogP contribution in [0, 0.1) is 23.4 Å². The second-order valence-corrected chi connectivity index (χ2v) is 5.25. The summed E-state index contributed by atoms with van der Waals surface area (Å²) in [5.74, 6) is -4.08. The molecule has 6 heteroatoms. The van der Waals surface area contributed by atoms with Crippen LogP contribution in [-0.2, 0) is 0 Å². The van der Waals surface area contributed by atoms with Crippen molar-refractivity contribution in [3.8, 4) is 0 Å². The van der Waals surface area contributed by atoms with E-state index in [0.29, 0.717) is 18.7 Å². The van der Waals surface area contributed by atoms with E-state index in [1.807, 2.05) is 0 Å². The molecule has 0 saturated heterocycles. The summed E-state index contributed by atoms with van der Waals surface area (Å²) in [5.41, 5.74) is 5.09. The molecule has 0 aliphatic heterocycles. The van der Waals surface area contributed by atoms with Crippen molar-refractivity contribution in [3.63, 3.8) is 0 Å². The van der Waals surface area contributed by atoms with Gasteiger partial charge in [0.2, 0.25) is 0 Å². The number of carbonyl (C=O) groups excluding carboxylic acids is 1. The number of hydrogen-bond acceptors (Lipinski definition) is 2. The van der Waals surface area contributed by atoms with Gasteiger partial charge in [-0.1, -0.05) is 6.42 Å². The second-order valence-electron chi connectivity index (χ2n) is 5.25. The molecule has 0 heterocycles. The van der Waals surface area contributed by atoms with Crippen LogP contribution in [0.1, 0.15) is 36.0 Å². The highest BCUT2D eigenvalue weighted by molar-refractivity contribution is 5.94. The van der Waals surface area contributed by atoms with E-state index in [2.05, 4.69) is 5.32 Å². The Morgan fingerprint density at radius 2 is 1.90 bits per heavy atom. The van der Waals surface area contributed by atoms with Gasteiger partial charge in [0.1, 0.15) is 23.0 Å². The average Bonchev–Trinajstić information content (AvgIpc) is 2.35. The van der Waals surface area contributed by atoms with Crippen molar-refractivity contribution in [2.24, 2.45) is 11.7 Å². The Labute approximate surface area is 115 Å². The summed E-state index contributed by atoms with van der Waals surface area (Å²) in [4.78, 5) is 11.8. The molecule has 1 aliphatic rings. The van der Waals surface area contributed by atoms with Crippen LogP contribution in [0.25, 0.3) is 0 Å². The number of amides is 1. The predicted molar refractivity (Wildman–Crippen MR) is 68.6 cm³/mol. The standard InChI is InChI=1S/C14H17F3N2O/c15-9-5-11(16)13(12(17)6-9)14(20)19-7-8-2-1-3-10(18)4-8/h5-6,8,10H,1-4,7,18H2,(H,19,20). The Hall–Kier alpha value is -1.56. The number of halogens is 3. The molecule has 1 aromatic carbocycles. The summed E-state index contributed by atoms with van der Waals surface area (Å²) in [5, 5.41) is 2.49. The highest BCUT2D eigenvalue weighted by atomic mass is 19.1. The fraction of sp³-hybridized carbons (Fsp3) is 0.500. The summed E-state index contributed by atoms with van der Waals surface area (Å²) >= 11 is 0. The summed E-state index contributed by atoms with van der Waals surface area (Å²) in [6.45, 7) is 0.322. The fourth-order valence-electron chi connectivity index (χ4n) is 2.60. The molecule has 20 heavy (non-hydrogen) atoms. The third kappa shape index (κ3) is 3.50. The highest BCUT2D eigenvalue weighted by Crippen LogP contribution is 2.22. The number of hydrogen-bond donors (Lipinski definition) is 2. The van der Waals surface area contributed by atoms with E-state index in [4.69, 9.17) is 5.73 Å². The number of nitrogens with one attached hydrogen (secondary N) is 1. The molecule has 0 aromatic heterocycles. The quantitative estimate of drug-likeness (QED) is 0.896. The van der Waals surface area contributed by atoms with Gasteiger partial charge in [-0.15, -0.1) is 0 Å². The van der Waals surface area contributed by atoms with Gasteiger partial charge in [0.15, 0.2) is 0 Å². The Morgan fingerprint density at radius 1 is 1.25 bits per heavy atom. The molecule has 2 rings (SSSR count). The lowest BCUT2D eigenvalue weighted by Crippen LogP contribution is -2.36. The van der Waals surface area contributed by atoms with Crippen LogP contribution in [-0.4, -0.2) is 18.5 Å². The molecule has 1 aromatic rings. The topological polar surface area (TPSA) is 55.1 Å². The molecule has 1 aliphatic carbocycles. The normalized spacial score (nSPS) is 22.6. The van der Waals surface area contributed by atoms with Crippen molar-refractivity contribution < 1.29 is 18.0 Å². The SMILES string of the molecule is NC1CCCC(CNC(=O)c2c(F)cc(F)cc2F)C1. The van der Waals surface area contributed by atoms with E-state index in [9.17, 15) is 18.0 Å². The van der Waals surface area contributed by atoms with Crippen LogP contribution < -0.4 is 11.1 Å². The number of rotatable bonds is 3. The zero-order valence-electron chi connectivity index (χ0n) is 11.0. The second kappa shape index (κ2) is 6.26. The lowest BCUT2D eigenvalue weighted by molar-refractivity contribution is 0.0934. The first kappa shape index (κ1) is 14.8. The molecule has 110 valence electrons. The van der Waals surface area contributed by atoms with Gasteiger partial charge >= 0.3 is 0 Å². The fourth-order valence-corrected chi connectivity index (χ4v) is 2.60. The molecule has 3 N–H and O–H groups in total. The Balaban J connectivity index is 1.98. The van der Waals surface area contributed by atoms with Crippen molar-refractivity contribution in [3.05, 3.63) is 35.1 Å². The van der Waals surface area contributed by atoms with Gasteiger partial charge in [-0.2, -0.15) is 0 Å². The van der Waals surface area contributed by atoms with Gasteiger partial charge in [-0.25, -0.2) is 13.2 Å². The third-order valence-electron chi connectivity index (χ3n) is 3.61. The van der Waals surface area contributed by atoms with Crippen molar-refractivity contribution in [2.75, 3.05) is 6.54 Å². The van der Waals surface area contributed by atoms with E-state index >= 15 is 0 Å². The lowest BCUT2D eigenvalue weighted by Gasteiger charge is -2.26. The van der Waals surface area contributed by atoms with E-state index in [0.717, 1.165) is 25.7 Å². The molecule has 2 atom stereocenters. The number of benzene rings is 1. The summed E-state index contributed by atoms with van der Waals surface area (Å²) < 4.78 is 39.6. The minimum atomic E-state index is -1.19. The van der Waals surface area contributed by atoms with Gasteiger partial charge in [0, 0.05) is 24.7 Å². The van der Waals surface area contributed by atoms with Gasteiger partial charge in [-0.05, 0) is 25.2 Å². The maximum Gasteiger partial charge on any atom is 0.257 e. The van der Waals surface area contributed by atoms with Crippen molar-refractivity contribution in [2.45, 2.75) is 31.7 Å². The first-order valence-electron chi connectivity index (χ1n) is 6.65. The van der Waals surface area contributed by atoms with Crippen molar-refractivity contribution in [1.29, 1.82) is 0 Å². The first-order valence-corrected chi connectivity index (χ1v) is 6.65. The van der Waals surface area contributed by atoms with Crippen LogP contribution >= 0.6 is 0 Å². The van der Waals surface area contributed by atoms with Gasteiger partial charge in [-0.3, -0.25) is 4.79 Å². The van der Waals surface area contributed by atoms with Gasteiger partial charge in [0.25, 0.3) is 5.91 Å². The predicted octanol–water partition coefficient (Wildman–Crippen LogP) is 2.35. The van der Waals surface area contributed by atoms with E-state index < -0.39 is 28.9 Å². The number of nitrogens with two attached hydrogens (primary N) is 1. The lowest BCUT2D eigenvalue weighted by atomic mass is 9.86. The highest BCUT2D eigenvalue weighted by Gasteiger charge is 2.22. The molecular weight excluding hydrogens is 269 g/mol. The Morgan fingerprint density at radius 3 is 2.50 bits per heavy atom. The van der Waals surface area contributed by atoms with Crippen molar-refractivity contribution >= 4 is 5.91 Å². The minimum absolute atomic E-state index is 0.116. The van der Waals surface area contributed by atoms with Crippen LogP contribution in [0.15, 0.2) is 12.1 Å². The number of carbonyl (C=O) groups is 1. The van der Waals surface area contributed by atoms with E-state index in [1.165, 1.54) is 0 Å². The molecule has 2 unspecified atom stereocenters. The smallest absolute Gasteiger partial charge is 0.257 e. The largest absolute Gasteiger partial charge is 0.352 e. The van der Waals surface area contributed by atoms with Crippen molar-refractivity contribution in [1.82, 2.24) is 5.32 Å². The summed E-state index contributed by atoms with van der Waals surface area (Å²) in [6, 6.07) is 1.10. The van der Waals surface area contributed by atoms with Gasteiger partial charge < -0.3 is 11.1 Å². The summed E-state index contributed by atoms with van der Waals surface area (Å²) in [7, 11) is 0. The van der Waals surface area contributed by atoms with E-state index in [-0.39, 0.29) is 12.0 Å². The minimum Gasteiger partial charge on any atom is -0.352 e. The zero-order valence-corrected chi connectivity index (χ0v) is 11.0. The van der Waals surface area contributed by atoms with Crippen LogP contribution in [0.2, 0.25) is 0 Å². The summed E-state index contributed by atoms with van der Waals surface area (Å²) in [6.07, 6.45) is 3.67. The molecule has 1 saturated carbocycles. The average molecular weight is 286 g/mol. The zero-order chi connectivity index (χ0) is 14.7. The molecule has 0 spiro atoms. The first-order chi connectivity index (χ1) is 9.47. The molecule has 1 fully saturated rings. The van der Waals surface area contributed by atoms with E-state index in [1.54, 1.807) is 0 Å². The molecule has 1 amide bonds. The van der Waals surface area contributed by atoms with Gasteiger partial charge in [0.05, 0.1) is 0 Å². The van der Waals surface area contributed by atoms with Crippen LogP contribution in [0.4, 0.5) is 13.2 Å². The third-order valence-corrected chi connectivity index (χ3v) is 3.61. The van der Waals surface area contributed by atoms with Crippen LogP contribution in [0.3, 0.4) is 0 Å². The Bertz CT molecular complexity index is 484. The molecule has 0 radical (unpaired) electrons. The Kier molecular flexibility index (Phi) is 4.65. The van der Waals surface area contributed by atoms with Crippen LogP contribution in [0.5, 0.6) is 0 Å². The molecule has 3 nitrogen and oxygen atoms in total. The maximum absolute atomic E-state index is 13.4. The molecular formula is C14H17F3N2O. The molecule has 0 bridgehead atoms.